The molecule has 2 atom stereocenters. The zero-order valence-corrected chi connectivity index (χ0v) is 10.6. The molecule has 0 aliphatic carbocycles. The normalized spacial score (nSPS) is 23.1. The van der Waals surface area contributed by atoms with Crippen molar-refractivity contribution in [3.05, 3.63) is 29.8 Å². The second-order valence-corrected chi connectivity index (χ2v) is 5.21. The van der Waals surface area contributed by atoms with Gasteiger partial charge in [0.05, 0.1) is 7.11 Å². The van der Waals surface area contributed by atoms with E-state index < -0.39 is 11.9 Å². The van der Waals surface area contributed by atoms with Gasteiger partial charge in [-0.1, -0.05) is 25.1 Å². The second-order valence-electron chi connectivity index (χ2n) is 3.93. The van der Waals surface area contributed by atoms with E-state index in [9.17, 15) is 9.59 Å². The number of hydrogen-bond donors (Lipinski definition) is 0. The summed E-state index contributed by atoms with van der Waals surface area (Å²) in [6, 6.07) is 7.42. The van der Waals surface area contributed by atoms with E-state index in [1.54, 1.807) is 17.8 Å². The zero-order chi connectivity index (χ0) is 12.4. The Kier molecular flexibility index (Phi) is 3.52. The Labute approximate surface area is 105 Å². The van der Waals surface area contributed by atoms with Crippen molar-refractivity contribution in [3.63, 3.8) is 0 Å². The lowest BCUT2D eigenvalue weighted by molar-refractivity contribution is -0.143. The summed E-state index contributed by atoms with van der Waals surface area (Å²) in [6.07, 6.45) is 0.768. The van der Waals surface area contributed by atoms with Crippen LogP contribution in [0.4, 0.5) is 0 Å². The van der Waals surface area contributed by atoms with E-state index in [-0.39, 0.29) is 11.0 Å². The minimum Gasteiger partial charge on any atom is -0.468 e. The van der Waals surface area contributed by atoms with Crippen LogP contribution in [-0.2, 0) is 9.53 Å². The molecule has 1 aliphatic rings. The van der Waals surface area contributed by atoms with Crippen molar-refractivity contribution >= 4 is 23.5 Å². The maximum absolute atomic E-state index is 12.3. The third-order valence-corrected chi connectivity index (χ3v) is 4.46. The van der Waals surface area contributed by atoms with Crippen molar-refractivity contribution in [1.29, 1.82) is 0 Å². The Morgan fingerprint density at radius 2 is 2.12 bits per heavy atom. The highest BCUT2D eigenvalue weighted by Crippen LogP contribution is 2.40. The van der Waals surface area contributed by atoms with Gasteiger partial charge in [0.1, 0.15) is 5.92 Å². The van der Waals surface area contributed by atoms with Crippen molar-refractivity contribution in [2.45, 2.75) is 23.5 Å². The molecule has 0 radical (unpaired) electrons. The number of esters is 1. The standard InChI is InChI=1S/C13H14O3S/c1-3-9-11(13(15)16-2)12(14)8-6-4-5-7-10(8)17-9/h4-7,9,11H,3H2,1-2H3. The van der Waals surface area contributed by atoms with Gasteiger partial charge in [0.15, 0.2) is 5.78 Å². The molecule has 0 saturated heterocycles. The van der Waals surface area contributed by atoms with Crippen LogP contribution in [0.5, 0.6) is 0 Å². The van der Waals surface area contributed by atoms with Crippen molar-refractivity contribution in [3.8, 4) is 0 Å². The molecule has 0 aromatic heterocycles. The monoisotopic (exact) mass is 250 g/mol. The highest BCUT2D eigenvalue weighted by Gasteiger charge is 2.40. The van der Waals surface area contributed by atoms with Crippen LogP contribution in [0.1, 0.15) is 23.7 Å². The van der Waals surface area contributed by atoms with E-state index in [4.69, 9.17) is 4.74 Å². The SMILES string of the molecule is CCC1Sc2ccccc2C(=O)C1C(=O)OC. The molecule has 2 unspecified atom stereocenters. The van der Waals surface area contributed by atoms with Gasteiger partial charge in [0, 0.05) is 15.7 Å². The molecular formula is C13H14O3S. The first-order valence-corrected chi connectivity index (χ1v) is 6.44. The highest BCUT2D eigenvalue weighted by molar-refractivity contribution is 8.00. The summed E-state index contributed by atoms with van der Waals surface area (Å²) in [6.45, 7) is 1.98. The molecule has 17 heavy (non-hydrogen) atoms. The number of rotatable bonds is 2. The van der Waals surface area contributed by atoms with Gasteiger partial charge in [-0.15, -0.1) is 11.8 Å². The lowest BCUT2D eigenvalue weighted by Crippen LogP contribution is -2.37. The van der Waals surface area contributed by atoms with Crippen LogP contribution in [0.2, 0.25) is 0 Å². The quantitative estimate of drug-likeness (QED) is 0.597. The molecule has 1 aromatic rings. The van der Waals surface area contributed by atoms with Crippen molar-refractivity contribution in [2.24, 2.45) is 5.92 Å². The number of thioether (sulfide) groups is 1. The summed E-state index contributed by atoms with van der Waals surface area (Å²) >= 11 is 1.59. The average molecular weight is 250 g/mol. The highest BCUT2D eigenvalue weighted by atomic mass is 32.2. The van der Waals surface area contributed by atoms with Crippen LogP contribution >= 0.6 is 11.8 Å². The molecule has 0 bridgehead atoms. The summed E-state index contributed by atoms with van der Waals surface area (Å²) in [5.74, 6) is -1.20. The number of Topliss-reactive ketones (excluding diaryl/α,β-unsaturated/α-hetero) is 1. The topological polar surface area (TPSA) is 43.4 Å². The van der Waals surface area contributed by atoms with E-state index in [0.717, 1.165) is 11.3 Å². The zero-order valence-electron chi connectivity index (χ0n) is 9.80. The lowest BCUT2D eigenvalue weighted by atomic mass is 9.92. The number of hydrogen-bond acceptors (Lipinski definition) is 4. The van der Waals surface area contributed by atoms with E-state index in [1.807, 2.05) is 25.1 Å². The molecule has 0 fully saturated rings. The maximum atomic E-state index is 12.3. The molecule has 0 amide bonds. The van der Waals surface area contributed by atoms with Gasteiger partial charge in [0.25, 0.3) is 0 Å². The summed E-state index contributed by atoms with van der Waals surface area (Å²) in [7, 11) is 1.33. The predicted octanol–water partition coefficient (Wildman–Crippen LogP) is 2.54. The number of benzene rings is 1. The van der Waals surface area contributed by atoms with Crippen LogP contribution in [0.15, 0.2) is 29.2 Å². The number of ketones is 1. The number of fused-ring (bicyclic) bond motifs is 1. The van der Waals surface area contributed by atoms with Crippen molar-refractivity contribution in [1.82, 2.24) is 0 Å². The van der Waals surface area contributed by atoms with E-state index in [2.05, 4.69) is 0 Å². The van der Waals surface area contributed by atoms with Crippen LogP contribution in [0.25, 0.3) is 0 Å². The van der Waals surface area contributed by atoms with Gasteiger partial charge >= 0.3 is 5.97 Å². The average Bonchev–Trinajstić information content (AvgIpc) is 2.37. The first kappa shape index (κ1) is 12.2. The molecule has 90 valence electrons. The van der Waals surface area contributed by atoms with Gasteiger partial charge in [-0.25, -0.2) is 0 Å². The molecule has 1 aliphatic heterocycles. The Hall–Kier alpha value is -1.29. The Morgan fingerprint density at radius 3 is 2.76 bits per heavy atom. The number of carbonyl (C=O) groups excluding carboxylic acids is 2. The molecule has 1 heterocycles. The smallest absolute Gasteiger partial charge is 0.317 e. The van der Waals surface area contributed by atoms with Crippen molar-refractivity contribution < 1.29 is 14.3 Å². The summed E-state index contributed by atoms with van der Waals surface area (Å²) < 4.78 is 4.73. The third kappa shape index (κ3) is 2.09. The van der Waals surface area contributed by atoms with E-state index >= 15 is 0 Å². The molecule has 2 rings (SSSR count). The van der Waals surface area contributed by atoms with Gasteiger partial charge < -0.3 is 4.74 Å². The molecule has 1 aromatic carbocycles. The van der Waals surface area contributed by atoms with Crippen LogP contribution in [0, 0.1) is 5.92 Å². The molecule has 0 N–H and O–H groups in total. The van der Waals surface area contributed by atoms with Gasteiger partial charge in [-0.3, -0.25) is 9.59 Å². The summed E-state index contributed by atoms with van der Waals surface area (Å²) in [5, 5.41) is -0.0233. The van der Waals surface area contributed by atoms with E-state index in [0.29, 0.717) is 5.56 Å². The minimum atomic E-state index is -0.662. The molecule has 4 heteroatoms. The predicted molar refractivity (Wildman–Crippen MR) is 66.2 cm³/mol. The summed E-state index contributed by atoms with van der Waals surface area (Å²) in [4.78, 5) is 24.9. The first-order chi connectivity index (χ1) is 8.19. The fraction of sp³-hybridized carbons (Fsp3) is 0.385. The third-order valence-electron chi connectivity index (χ3n) is 2.94. The Balaban J connectivity index is 2.42. The number of methoxy groups -OCH3 is 1. The maximum Gasteiger partial charge on any atom is 0.317 e. The van der Waals surface area contributed by atoms with Crippen molar-refractivity contribution in [2.75, 3.05) is 7.11 Å². The Bertz CT molecular complexity index is 456. The molecule has 3 nitrogen and oxygen atoms in total. The van der Waals surface area contributed by atoms with Crippen LogP contribution in [0.3, 0.4) is 0 Å². The molecule has 0 saturated carbocycles. The fourth-order valence-electron chi connectivity index (χ4n) is 2.05. The largest absolute Gasteiger partial charge is 0.468 e. The minimum absolute atomic E-state index is 0.0233. The van der Waals surface area contributed by atoms with Gasteiger partial charge in [0.2, 0.25) is 0 Å². The van der Waals surface area contributed by atoms with Crippen LogP contribution < -0.4 is 0 Å². The second kappa shape index (κ2) is 4.92. The fourth-order valence-corrected chi connectivity index (χ4v) is 3.36. The van der Waals surface area contributed by atoms with Gasteiger partial charge in [-0.2, -0.15) is 0 Å². The number of carbonyl (C=O) groups is 2. The first-order valence-electron chi connectivity index (χ1n) is 5.56. The lowest BCUT2D eigenvalue weighted by Gasteiger charge is -2.28. The van der Waals surface area contributed by atoms with Crippen LogP contribution in [-0.4, -0.2) is 24.1 Å². The molecule has 0 spiro atoms. The number of ether oxygens (including phenoxy) is 1. The van der Waals surface area contributed by atoms with Gasteiger partial charge in [-0.05, 0) is 12.5 Å². The van der Waals surface area contributed by atoms with E-state index in [1.165, 1.54) is 7.11 Å². The Morgan fingerprint density at radius 1 is 1.41 bits per heavy atom. The summed E-state index contributed by atoms with van der Waals surface area (Å²) in [5.41, 5.74) is 0.637. The molecular weight excluding hydrogens is 236 g/mol.